The topological polar surface area (TPSA) is 91.3 Å². The van der Waals surface area contributed by atoms with Crippen LogP contribution < -0.4 is 0 Å². The average molecular weight is 324 g/mol. The summed E-state index contributed by atoms with van der Waals surface area (Å²) in [6.45, 7) is 10.6. The second kappa shape index (κ2) is 14.0. The molecule has 0 spiro atoms. The SMILES string of the molecule is CCOC(C)=O.CCO[Si](CCC(=O)O)(OCC)OCC. The molecule has 0 aromatic heterocycles. The Bertz CT molecular complexity index is 267. The van der Waals surface area contributed by atoms with E-state index in [1.54, 1.807) is 6.92 Å². The van der Waals surface area contributed by atoms with Gasteiger partial charge in [-0.2, -0.15) is 0 Å². The van der Waals surface area contributed by atoms with Crippen LogP contribution in [0, 0.1) is 0 Å². The molecular weight excluding hydrogens is 296 g/mol. The van der Waals surface area contributed by atoms with Crippen molar-refractivity contribution in [2.75, 3.05) is 26.4 Å². The molecule has 126 valence electrons. The highest BCUT2D eigenvalue weighted by molar-refractivity contribution is 6.60. The fourth-order valence-corrected chi connectivity index (χ4v) is 3.99. The van der Waals surface area contributed by atoms with Gasteiger partial charge in [0.25, 0.3) is 0 Å². The highest BCUT2D eigenvalue weighted by Crippen LogP contribution is 2.17. The van der Waals surface area contributed by atoms with E-state index in [0.29, 0.717) is 32.5 Å². The molecule has 0 fully saturated rings. The number of hydrogen-bond acceptors (Lipinski definition) is 6. The van der Waals surface area contributed by atoms with E-state index in [1.165, 1.54) is 6.92 Å². The van der Waals surface area contributed by atoms with Crippen molar-refractivity contribution < 1.29 is 32.7 Å². The molecule has 7 nitrogen and oxygen atoms in total. The van der Waals surface area contributed by atoms with Crippen molar-refractivity contribution in [1.29, 1.82) is 0 Å². The first-order valence-corrected chi connectivity index (χ1v) is 9.07. The van der Waals surface area contributed by atoms with Gasteiger partial charge in [0.15, 0.2) is 0 Å². The third kappa shape index (κ3) is 13.8. The van der Waals surface area contributed by atoms with Crippen LogP contribution in [-0.4, -0.2) is 52.3 Å². The molecule has 0 saturated carbocycles. The minimum Gasteiger partial charge on any atom is -0.481 e. The van der Waals surface area contributed by atoms with Crippen molar-refractivity contribution in [3.8, 4) is 0 Å². The highest BCUT2D eigenvalue weighted by Gasteiger charge is 2.40. The molecule has 0 unspecified atom stereocenters. The van der Waals surface area contributed by atoms with Crippen molar-refractivity contribution >= 4 is 20.7 Å². The summed E-state index contributed by atoms with van der Waals surface area (Å²) >= 11 is 0. The Morgan fingerprint density at radius 1 is 0.905 bits per heavy atom. The predicted molar refractivity (Wildman–Crippen MR) is 80.0 cm³/mol. The molecule has 0 aromatic rings. The van der Waals surface area contributed by atoms with Crippen molar-refractivity contribution in [2.24, 2.45) is 0 Å². The number of aliphatic carboxylic acids is 1. The molecule has 0 heterocycles. The van der Waals surface area contributed by atoms with Crippen LogP contribution in [0.25, 0.3) is 0 Å². The lowest BCUT2D eigenvalue weighted by Crippen LogP contribution is -2.46. The second-order valence-electron chi connectivity index (χ2n) is 3.80. The Labute approximate surface area is 127 Å². The first-order valence-electron chi connectivity index (χ1n) is 7.14. The van der Waals surface area contributed by atoms with Crippen LogP contribution in [0.1, 0.15) is 41.0 Å². The fraction of sp³-hybridized carbons (Fsp3) is 0.846. The lowest BCUT2D eigenvalue weighted by molar-refractivity contribution is -0.140. The van der Waals surface area contributed by atoms with Gasteiger partial charge < -0.3 is 23.1 Å². The minimum absolute atomic E-state index is 0.0201. The van der Waals surface area contributed by atoms with Crippen LogP contribution >= 0.6 is 0 Å². The van der Waals surface area contributed by atoms with Gasteiger partial charge >= 0.3 is 20.7 Å². The van der Waals surface area contributed by atoms with E-state index >= 15 is 0 Å². The van der Waals surface area contributed by atoms with Gasteiger partial charge in [0, 0.05) is 39.2 Å². The van der Waals surface area contributed by atoms with E-state index in [1.807, 2.05) is 20.8 Å². The average Bonchev–Trinajstić information content (AvgIpc) is 2.38. The van der Waals surface area contributed by atoms with E-state index < -0.39 is 14.8 Å². The molecule has 0 atom stereocenters. The van der Waals surface area contributed by atoms with E-state index in [4.69, 9.17) is 18.4 Å². The molecule has 0 aliphatic carbocycles. The molecule has 1 N–H and O–H groups in total. The molecule has 0 radical (unpaired) electrons. The summed E-state index contributed by atoms with van der Waals surface area (Å²) in [4.78, 5) is 20.3. The molecule has 8 heteroatoms. The Morgan fingerprint density at radius 3 is 1.52 bits per heavy atom. The number of esters is 1. The maximum absolute atomic E-state index is 10.5. The third-order valence-electron chi connectivity index (χ3n) is 2.09. The van der Waals surface area contributed by atoms with Crippen molar-refractivity contribution in [1.82, 2.24) is 0 Å². The number of carboxylic acid groups (broad SMARTS) is 1. The van der Waals surface area contributed by atoms with Crippen LogP contribution in [0.5, 0.6) is 0 Å². The number of carboxylic acids is 1. The number of hydrogen-bond donors (Lipinski definition) is 1. The maximum Gasteiger partial charge on any atom is 0.501 e. The predicted octanol–water partition coefficient (Wildman–Crippen LogP) is 2.08. The summed E-state index contributed by atoms with van der Waals surface area (Å²) in [5.41, 5.74) is 0. The standard InChI is InChI=1S/C9H20O5Si.C4H8O2/c1-4-12-15(13-5-2,14-6-3)8-7-9(10)11;1-3-6-4(2)5/h4-8H2,1-3H3,(H,10,11);3H2,1-2H3. The summed E-state index contributed by atoms with van der Waals surface area (Å²) < 4.78 is 20.9. The van der Waals surface area contributed by atoms with Crippen molar-refractivity contribution in [3.63, 3.8) is 0 Å². The van der Waals surface area contributed by atoms with Crippen LogP contribution in [0.4, 0.5) is 0 Å². The molecule has 0 aromatic carbocycles. The molecule has 0 saturated heterocycles. The van der Waals surface area contributed by atoms with Crippen molar-refractivity contribution in [3.05, 3.63) is 0 Å². The van der Waals surface area contributed by atoms with Crippen LogP contribution in [0.2, 0.25) is 6.04 Å². The summed E-state index contributed by atoms with van der Waals surface area (Å²) in [6.07, 6.45) is 0.0201. The van der Waals surface area contributed by atoms with Gasteiger partial charge in [-0.3, -0.25) is 9.59 Å². The lowest BCUT2D eigenvalue weighted by Gasteiger charge is -2.27. The summed E-state index contributed by atoms with van der Waals surface area (Å²) in [5, 5.41) is 8.64. The summed E-state index contributed by atoms with van der Waals surface area (Å²) in [6, 6.07) is 0.331. The Hall–Kier alpha value is -0.963. The maximum atomic E-state index is 10.5. The van der Waals surface area contributed by atoms with E-state index in [2.05, 4.69) is 4.74 Å². The van der Waals surface area contributed by atoms with Crippen molar-refractivity contribution in [2.45, 2.75) is 47.1 Å². The quantitative estimate of drug-likeness (QED) is 0.486. The second-order valence-corrected chi connectivity index (χ2v) is 6.53. The van der Waals surface area contributed by atoms with E-state index in [-0.39, 0.29) is 12.4 Å². The number of ether oxygens (including phenoxy) is 1. The Kier molecular flexibility index (Phi) is 14.9. The first kappa shape index (κ1) is 22.3. The molecule has 0 amide bonds. The monoisotopic (exact) mass is 324 g/mol. The van der Waals surface area contributed by atoms with Gasteiger partial charge in [-0.15, -0.1) is 0 Å². The lowest BCUT2D eigenvalue weighted by atomic mass is 10.5. The highest BCUT2D eigenvalue weighted by atomic mass is 28.4. The summed E-state index contributed by atoms with van der Waals surface area (Å²) in [5.74, 6) is -1.07. The Balaban J connectivity index is 0. The smallest absolute Gasteiger partial charge is 0.481 e. The molecule has 0 aliphatic heterocycles. The van der Waals surface area contributed by atoms with E-state index in [0.717, 1.165) is 0 Å². The minimum atomic E-state index is -2.74. The zero-order valence-electron chi connectivity index (χ0n) is 13.6. The van der Waals surface area contributed by atoms with Gasteiger partial charge in [-0.05, 0) is 27.7 Å². The summed E-state index contributed by atoms with van der Waals surface area (Å²) in [7, 11) is -2.74. The van der Waals surface area contributed by atoms with Crippen LogP contribution in [-0.2, 0) is 27.6 Å². The van der Waals surface area contributed by atoms with Crippen LogP contribution in [0.15, 0.2) is 0 Å². The zero-order valence-corrected chi connectivity index (χ0v) is 14.6. The van der Waals surface area contributed by atoms with Gasteiger partial charge in [0.1, 0.15) is 0 Å². The molecular formula is C13H28O7Si. The van der Waals surface area contributed by atoms with E-state index in [9.17, 15) is 9.59 Å². The number of carbonyl (C=O) groups is 2. The first-order chi connectivity index (χ1) is 9.87. The number of rotatable bonds is 10. The molecule has 0 rings (SSSR count). The van der Waals surface area contributed by atoms with Gasteiger partial charge in [-0.1, -0.05) is 0 Å². The normalized spacial score (nSPS) is 10.5. The van der Waals surface area contributed by atoms with Crippen LogP contribution in [0.3, 0.4) is 0 Å². The molecule has 0 bridgehead atoms. The molecule has 0 aliphatic rings. The largest absolute Gasteiger partial charge is 0.501 e. The number of carbonyl (C=O) groups excluding carboxylic acids is 1. The zero-order chi connectivity index (χ0) is 16.7. The molecule has 21 heavy (non-hydrogen) atoms. The third-order valence-corrected chi connectivity index (χ3v) is 5.13. The van der Waals surface area contributed by atoms with Gasteiger partial charge in [-0.25, -0.2) is 0 Å². The van der Waals surface area contributed by atoms with Gasteiger partial charge in [0.2, 0.25) is 0 Å². The fourth-order valence-electron chi connectivity index (χ4n) is 1.46. The van der Waals surface area contributed by atoms with Gasteiger partial charge in [0.05, 0.1) is 6.61 Å². The Morgan fingerprint density at radius 2 is 1.33 bits per heavy atom.